The van der Waals surface area contributed by atoms with Crippen molar-refractivity contribution in [2.75, 3.05) is 38.2 Å². The second kappa shape index (κ2) is 5.79. The third-order valence-corrected chi connectivity index (χ3v) is 2.91. The summed E-state index contributed by atoms with van der Waals surface area (Å²) < 4.78 is 1.86. The van der Waals surface area contributed by atoms with Crippen LogP contribution in [0.25, 0.3) is 0 Å². The normalized spacial score (nSPS) is 15.0. The molecule has 0 saturated carbocycles. The van der Waals surface area contributed by atoms with Crippen molar-refractivity contribution in [3.05, 3.63) is 5.69 Å². The van der Waals surface area contributed by atoms with Gasteiger partial charge in [-0.15, -0.1) is 0 Å². The highest BCUT2D eigenvalue weighted by atomic mass is 16.3. The molecule has 110 valence electrons. The molecule has 0 amide bonds. The third-order valence-electron chi connectivity index (χ3n) is 2.91. The number of aromatic nitrogens is 2. The minimum Gasteiger partial charge on any atom is -0.394 e. The van der Waals surface area contributed by atoms with Crippen molar-refractivity contribution in [1.29, 1.82) is 0 Å². The van der Waals surface area contributed by atoms with Crippen molar-refractivity contribution in [1.82, 2.24) is 14.7 Å². The van der Waals surface area contributed by atoms with E-state index in [4.69, 9.17) is 5.73 Å². The summed E-state index contributed by atoms with van der Waals surface area (Å²) in [5, 5.41) is 17.9. The van der Waals surface area contributed by atoms with Crippen LogP contribution in [-0.4, -0.2) is 52.6 Å². The van der Waals surface area contributed by atoms with Crippen molar-refractivity contribution < 1.29 is 5.11 Å². The van der Waals surface area contributed by atoms with E-state index in [0.717, 1.165) is 11.5 Å². The zero-order chi connectivity index (χ0) is 14.8. The van der Waals surface area contributed by atoms with E-state index in [-0.39, 0.29) is 6.04 Å². The van der Waals surface area contributed by atoms with Crippen molar-refractivity contribution in [2.45, 2.75) is 39.3 Å². The van der Waals surface area contributed by atoms with Gasteiger partial charge in [-0.2, -0.15) is 5.10 Å². The van der Waals surface area contributed by atoms with E-state index in [1.54, 1.807) is 6.92 Å². The second-order valence-corrected chi connectivity index (χ2v) is 5.97. The molecule has 0 aromatic carbocycles. The van der Waals surface area contributed by atoms with E-state index in [9.17, 15) is 5.11 Å². The Balaban J connectivity index is 2.83. The molecule has 1 rings (SSSR count). The van der Waals surface area contributed by atoms with E-state index >= 15 is 0 Å². The molecule has 0 aliphatic rings. The molecule has 6 heteroatoms. The Kier molecular flexibility index (Phi) is 4.81. The Hall–Kier alpha value is -1.27. The fourth-order valence-electron chi connectivity index (χ4n) is 2.12. The summed E-state index contributed by atoms with van der Waals surface area (Å²) in [5.41, 5.74) is 6.67. The number of hydrogen-bond donors (Lipinski definition) is 3. The maximum Gasteiger partial charge on any atom is 0.148 e. The molecule has 1 aromatic rings. The minimum absolute atomic E-state index is 0.220. The van der Waals surface area contributed by atoms with Gasteiger partial charge in [-0.3, -0.25) is 0 Å². The molecule has 19 heavy (non-hydrogen) atoms. The molecule has 0 aliphatic heterocycles. The summed E-state index contributed by atoms with van der Waals surface area (Å²) in [6.45, 7) is 8.79. The highest BCUT2D eigenvalue weighted by Gasteiger charge is 2.23. The lowest BCUT2D eigenvalue weighted by Crippen LogP contribution is -2.43. The van der Waals surface area contributed by atoms with E-state index < -0.39 is 5.60 Å². The molecule has 0 aliphatic carbocycles. The standard InChI is InChI=1S/C13H27N5O/c1-9(2)18-12(11(14)10(3)16-18)15-7-13(4,19)8-17(5)6/h9,15,19H,7-8,14H2,1-6H3. The molecule has 0 spiro atoms. The minimum atomic E-state index is -0.823. The number of aryl methyl sites for hydroxylation is 1. The third kappa shape index (κ3) is 4.11. The van der Waals surface area contributed by atoms with Gasteiger partial charge in [-0.25, -0.2) is 4.68 Å². The number of anilines is 2. The van der Waals surface area contributed by atoms with Crippen LogP contribution in [0, 0.1) is 6.92 Å². The Morgan fingerprint density at radius 2 is 2.05 bits per heavy atom. The van der Waals surface area contributed by atoms with Crippen LogP contribution in [0.4, 0.5) is 11.5 Å². The van der Waals surface area contributed by atoms with Crippen molar-refractivity contribution in [3.8, 4) is 0 Å². The first-order valence-electron chi connectivity index (χ1n) is 6.59. The summed E-state index contributed by atoms with van der Waals surface area (Å²) in [7, 11) is 3.87. The molecule has 1 atom stereocenters. The quantitative estimate of drug-likeness (QED) is 0.720. The number of hydrogen-bond acceptors (Lipinski definition) is 5. The zero-order valence-electron chi connectivity index (χ0n) is 12.9. The molecule has 1 aromatic heterocycles. The second-order valence-electron chi connectivity index (χ2n) is 5.97. The van der Waals surface area contributed by atoms with Crippen LogP contribution in [0.15, 0.2) is 0 Å². The summed E-state index contributed by atoms with van der Waals surface area (Å²) in [6.07, 6.45) is 0. The molecule has 1 unspecified atom stereocenters. The van der Waals surface area contributed by atoms with Gasteiger partial charge >= 0.3 is 0 Å². The first-order valence-corrected chi connectivity index (χ1v) is 6.59. The summed E-state index contributed by atoms with van der Waals surface area (Å²) >= 11 is 0. The van der Waals surface area contributed by atoms with Gasteiger partial charge in [0.05, 0.1) is 17.0 Å². The number of nitrogens with two attached hydrogens (primary N) is 1. The Morgan fingerprint density at radius 1 is 1.47 bits per heavy atom. The van der Waals surface area contributed by atoms with Gasteiger partial charge in [0.25, 0.3) is 0 Å². The largest absolute Gasteiger partial charge is 0.394 e. The van der Waals surface area contributed by atoms with Crippen molar-refractivity contribution in [2.24, 2.45) is 0 Å². The highest BCUT2D eigenvalue weighted by molar-refractivity contribution is 5.65. The molecule has 0 saturated heterocycles. The van der Waals surface area contributed by atoms with Gasteiger partial charge in [-0.1, -0.05) is 0 Å². The lowest BCUT2D eigenvalue weighted by atomic mass is 10.1. The van der Waals surface area contributed by atoms with Crippen LogP contribution in [0.3, 0.4) is 0 Å². The lowest BCUT2D eigenvalue weighted by Gasteiger charge is -2.28. The van der Waals surface area contributed by atoms with Gasteiger partial charge < -0.3 is 21.1 Å². The molecular formula is C13H27N5O. The van der Waals surface area contributed by atoms with Gasteiger partial charge in [0.1, 0.15) is 5.82 Å². The average molecular weight is 269 g/mol. The number of nitrogens with zero attached hydrogens (tertiary/aromatic N) is 3. The number of likely N-dealkylation sites (N-methyl/N-ethyl adjacent to an activating group) is 1. The maximum absolute atomic E-state index is 10.3. The molecule has 6 nitrogen and oxygen atoms in total. The molecule has 4 N–H and O–H groups in total. The Morgan fingerprint density at radius 3 is 2.53 bits per heavy atom. The summed E-state index contributed by atoms with van der Waals surface area (Å²) in [4.78, 5) is 1.95. The fourth-order valence-corrected chi connectivity index (χ4v) is 2.12. The predicted octanol–water partition coefficient (Wildman–Crippen LogP) is 1.08. The van der Waals surface area contributed by atoms with Crippen LogP contribution in [0.2, 0.25) is 0 Å². The smallest absolute Gasteiger partial charge is 0.148 e. The highest BCUT2D eigenvalue weighted by Crippen LogP contribution is 2.25. The monoisotopic (exact) mass is 269 g/mol. The molecule has 0 bridgehead atoms. The topological polar surface area (TPSA) is 79.3 Å². The predicted molar refractivity (Wildman–Crippen MR) is 79.4 cm³/mol. The van der Waals surface area contributed by atoms with Gasteiger partial charge in [0, 0.05) is 19.1 Å². The van der Waals surface area contributed by atoms with E-state index in [2.05, 4.69) is 24.3 Å². The molecule has 0 radical (unpaired) electrons. The maximum atomic E-state index is 10.3. The van der Waals surface area contributed by atoms with Gasteiger partial charge in [-0.05, 0) is 41.8 Å². The van der Waals surface area contributed by atoms with Gasteiger partial charge in [0.15, 0.2) is 0 Å². The lowest BCUT2D eigenvalue weighted by molar-refractivity contribution is 0.0458. The molecular weight excluding hydrogens is 242 g/mol. The summed E-state index contributed by atoms with van der Waals surface area (Å²) in [6, 6.07) is 0.220. The number of nitrogens with one attached hydrogen (secondary N) is 1. The van der Waals surface area contributed by atoms with E-state index in [1.807, 2.05) is 30.6 Å². The Bertz CT molecular complexity index is 423. The zero-order valence-corrected chi connectivity index (χ0v) is 12.9. The average Bonchev–Trinajstić information content (AvgIpc) is 2.51. The van der Waals surface area contributed by atoms with E-state index in [0.29, 0.717) is 18.8 Å². The summed E-state index contributed by atoms with van der Waals surface area (Å²) in [5.74, 6) is 0.784. The fraction of sp³-hybridized carbons (Fsp3) is 0.769. The first kappa shape index (κ1) is 15.8. The van der Waals surface area contributed by atoms with Crippen LogP contribution in [0.5, 0.6) is 0 Å². The van der Waals surface area contributed by atoms with Crippen LogP contribution in [0.1, 0.15) is 32.5 Å². The molecule has 1 heterocycles. The SMILES string of the molecule is Cc1nn(C(C)C)c(NCC(C)(O)CN(C)C)c1N. The van der Waals surface area contributed by atoms with E-state index in [1.165, 1.54) is 0 Å². The molecule has 0 fully saturated rings. The van der Waals surface area contributed by atoms with Gasteiger partial charge in [0.2, 0.25) is 0 Å². The first-order chi connectivity index (χ1) is 8.64. The Labute approximate surface area is 115 Å². The number of aliphatic hydroxyl groups is 1. The van der Waals surface area contributed by atoms with Crippen LogP contribution < -0.4 is 11.1 Å². The number of rotatable bonds is 6. The van der Waals surface area contributed by atoms with Crippen molar-refractivity contribution in [3.63, 3.8) is 0 Å². The van der Waals surface area contributed by atoms with Crippen LogP contribution in [-0.2, 0) is 0 Å². The van der Waals surface area contributed by atoms with Crippen LogP contribution >= 0.6 is 0 Å². The van der Waals surface area contributed by atoms with Crippen molar-refractivity contribution >= 4 is 11.5 Å². The number of nitrogen functional groups attached to an aromatic ring is 1.